The molecular weight excluding hydrogens is 344 g/mol. The maximum atomic E-state index is 6.14. The van der Waals surface area contributed by atoms with Crippen molar-refractivity contribution in [3.05, 3.63) is 47.0 Å². The number of nitrogens with zero attached hydrogens (tertiary/aromatic N) is 2. The molecule has 3 heterocycles. The first-order valence-corrected chi connectivity index (χ1v) is 10.1. The van der Waals surface area contributed by atoms with E-state index in [1.54, 1.807) is 18.4 Å². The predicted octanol–water partition coefficient (Wildman–Crippen LogP) is 4.52. The van der Waals surface area contributed by atoms with Gasteiger partial charge in [0.05, 0.1) is 24.9 Å². The molecule has 1 aromatic heterocycles. The second kappa shape index (κ2) is 7.51. The van der Waals surface area contributed by atoms with Crippen LogP contribution in [0.5, 0.6) is 5.75 Å². The minimum Gasteiger partial charge on any atom is -0.496 e. The second-order valence-corrected chi connectivity index (χ2v) is 8.38. The fraction of sp³-hybridized carbons (Fsp3) is 0.476. The highest BCUT2D eigenvalue weighted by atomic mass is 32.1. The van der Waals surface area contributed by atoms with Gasteiger partial charge in [-0.25, -0.2) is 4.98 Å². The van der Waals surface area contributed by atoms with Crippen molar-refractivity contribution in [2.45, 2.75) is 38.3 Å². The van der Waals surface area contributed by atoms with E-state index in [1.165, 1.54) is 10.5 Å². The Morgan fingerprint density at radius 2 is 2.08 bits per heavy atom. The number of methoxy groups -OCH3 is 1. The lowest BCUT2D eigenvalue weighted by molar-refractivity contribution is -0.0575. The summed E-state index contributed by atoms with van der Waals surface area (Å²) in [5.41, 5.74) is 2.54. The number of para-hydroxylation sites is 1. The van der Waals surface area contributed by atoms with Gasteiger partial charge >= 0.3 is 0 Å². The molecule has 4 rings (SSSR count). The molecule has 5 heteroatoms. The number of hydrogen-bond donors (Lipinski definition) is 0. The summed E-state index contributed by atoms with van der Waals surface area (Å²) in [6.07, 6.45) is 7.64. The van der Waals surface area contributed by atoms with Crippen LogP contribution in [-0.4, -0.2) is 42.3 Å². The van der Waals surface area contributed by atoms with E-state index in [1.807, 2.05) is 24.4 Å². The van der Waals surface area contributed by atoms with Gasteiger partial charge in [0.2, 0.25) is 0 Å². The molecule has 2 aliphatic heterocycles. The smallest absolute Gasteiger partial charge is 0.129 e. The Kier molecular flexibility index (Phi) is 5.11. The maximum absolute atomic E-state index is 6.14. The first kappa shape index (κ1) is 17.7. The molecule has 2 aromatic rings. The Morgan fingerprint density at radius 1 is 1.27 bits per heavy atom. The zero-order valence-electron chi connectivity index (χ0n) is 15.5. The Morgan fingerprint density at radius 3 is 2.85 bits per heavy atom. The largest absolute Gasteiger partial charge is 0.496 e. The molecule has 0 amide bonds. The normalized spacial score (nSPS) is 20.2. The Bertz CT molecular complexity index is 791. The lowest BCUT2D eigenvalue weighted by Gasteiger charge is -2.42. The van der Waals surface area contributed by atoms with Crippen LogP contribution in [0.2, 0.25) is 0 Å². The third-order valence-corrected chi connectivity index (χ3v) is 6.38. The summed E-state index contributed by atoms with van der Waals surface area (Å²) >= 11 is 1.76. The quantitative estimate of drug-likeness (QED) is 0.741. The van der Waals surface area contributed by atoms with E-state index in [9.17, 15) is 0 Å². The van der Waals surface area contributed by atoms with Crippen molar-refractivity contribution in [2.75, 3.05) is 26.8 Å². The molecule has 1 spiro atoms. The van der Waals surface area contributed by atoms with Gasteiger partial charge in [0, 0.05) is 30.7 Å². The summed E-state index contributed by atoms with van der Waals surface area (Å²) in [7, 11) is 1.71. The number of aromatic nitrogens is 1. The van der Waals surface area contributed by atoms with Crippen molar-refractivity contribution >= 4 is 11.3 Å². The van der Waals surface area contributed by atoms with Crippen molar-refractivity contribution in [2.24, 2.45) is 0 Å². The Labute approximate surface area is 159 Å². The SMILES string of the molecule is COc1ccccc1-c1ncc(CN2CCC3(C=C(C)CCO3)CC2)s1. The van der Waals surface area contributed by atoms with E-state index in [0.717, 1.165) is 61.8 Å². The topological polar surface area (TPSA) is 34.6 Å². The molecule has 0 unspecified atom stereocenters. The van der Waals surface area contributed by atoms with Crippen LogP contribution in [-0.2, 0) is 11.3 Å². The van der Waals surface area contributed by atoms with E-state index < -0.39 is 0 Å². The van der Waals surface area contributed by atoms with Crippen LogP contribution < -0.4 is 4.74 Å². The average Bonchev–Trinajstić information content (AvgIpc) is 3.12. The van der Waals surface area contributed by atoms with Crippen molar-refractivity contribution < 1.29 is 9.47 Å². The third-order valence-electron chi connectivity index (χ3n) is 5.37. The number of benzene rings is 1. The van der Waals surface area contributed by atoms with E-state index in [2.05, 4.69) is 29.0 Å². The van der Waals surface area contributed by atoms with Crippen molar-refractivity contribution in [1.82, 2.24) is 9.88 Å². The fourth-order valence-corrected chi connectivity index (χ4v) is 4.89. The summed E-state index contributed by atoms with van der Waals surface area (Å²) in [4.78, 5) is 8.46. The molecule has 1 fully saturated rings. The number of ether oxygens (including phenoxy) is 2. The van der Waals surface area contributed by atoms with Crippen LogP contribution in [0.15, 0.2) is 42.1 Å². The molecular formula is C21H26N2O2S. The summed E-state index contributed by atoms with van der Waals surface area (Å²) in [5, 5.41) is 1.03. The highest BCUT2D eigenvalue weighted by Gasteiger charge is 2.35. The second-order valence-electron chi connectivity index (χ2n) is 7.26. The van der Waals surface area contributed by atoms with Crippen LogP contribution in [0.1, 0.15) is 31.1 Å². The van der Waals surface area contributed by atoms with Gasteiger partial charge in [0.15, 0.2) is 0 Å². The van der Waals surface area contributed by atoms with E-state index in [0.29, 0.717) is 0 Å². The molecule has 1 saturated heterocycles. The highest BCUT2D eigenvalue weighted by Crippen LogP contribution is 2.35. The first-order valence-electron chi connectivity index (χ1n) is 9.30. The lowest BCUT2D eigenvalue weighted by Crippen LogP contribution is -2.46. The third kappa shape index (κ3) is 3.70. The van der Waals surface area contributed by atoms with Gasteiger partial charge in [-0.15, -0.1) is 11.3 Å². The van der Waals surface area contributed by atoms with Gasteiger partial charge in [0.1, 0.15) is 10.8 Å². The van der Waals surface area contributed by atoms with Crippen LogP contribution in [0.25, 0.3) is 10.6 Å². The number of likely N-dealkylation sites (tertiary alicyclic amines) is 1. The molecule has 0 aliphatic carbocycles. The minimum absolute atomic E-state index is 0.00486. The van der Waals surface area contributed by atoms with Gasteiger partial charge in [-0.3, -0.25) is 4.90 Å². The van der Waals surface area contributed by atoms with Gasteiger partial charge in [-0.05, 0) is 38.3 Å². The minimum atomic E-state index is -0.00486. The molecule has 0 N–H and O–H groups in total. The van der Waals surface area contributed by atoms with Gasteiger partial charge < -0.3 is 9.47 Å². The van der Waals surface area contributed by atoms with Gasteiger partial charge in [0.25, 0.3) is 0 Å². The number of rotatable bonds is 4. The summed E-state index contributed by atoms with van der Waals surface area (Å²) in [6, 6.07) is 8.08. The first-order chi connectivity index (χ1) is 12.7. The van der Waals surface area contributed by atoms with Crippen molar-refractivity contribution in [3.8, 4) is 16.3 Å². The molecule has 4 nitrogen and oxygen atoms in total. The van der Waals surface area contributed by atoms with E-state index >= 15 is 0 Å². The van der Waals surface area contributed by atoms with Crippen LogP contribution in [0.3, 0.4) is 0 Å². The molecule has 0 atom stereocenters. The number of thiazole rings is 1. The summed E-state index contributed by atoms with van der Waals surface area (Å²) in [5.74, 6) is 0.880. The standard InChI is InChI=1S/C21H26N2O2S/c1-16-7-12-25-21(13-16)8-10-23(11-9-21)15-17-14-22-20(26-17)18-5-3-4-6-19(18)24-2/h3-6,13-14H,7-12,15H2,1-2H3. The highest BCUT2D eigenvalue weighted by molar-refractivity contribution is 7.15. The summed E-state index contributed by atoms with van der Waals surface area (Å²) in [6.45, 7) is 6.22. The van der Waals surface area contributed by atoms with E-state index in [4.69, 9.17) is 9.47 Å². The molecule has 2 aliphatic rings. The monoisotopic (exact) mass is 370 g/mol. The van der Waals surface area contributed by atoms with E-state index in [-0.39, 0.29) is 5.60 Å². The van der Waals surface area contributed by atoms with Gasteiger partial charge in [-0.1, -0.05) is 23.8 Å². The predicted molar refractivity (Wildman–Crippen MR) is 106 cm³/mol. The Hall–Kier alpha value is -1.69. The number of piperidine rings is 1. The summed E-state index contributed by atoms with van der Waals surface area (Å²) < 4.78 is 11.6. The van der Waals surface area contributed by atoms with Crippen LogP contribution in [0.4, 0.5) is 0 Å². The fourth-order valence-electron chi connectivity index (χ4n) is 3.90. The van der Waals surface area contributed by atoms with Crippen LogP contribution >= 0.6 is 11.3 Å². The van der Waals surface area contributed by atoms with Crippen molar-refractivity contribution in [3.63, 3.8) is 0 Å². The molecule has 0 bridgehead atoms. The zero-order chi connectivity index (χ0) is 18.0. The number of hydrogen-bond acceptors (Lipinski definition) is 5. The molecule has 138 valence electrons. The van der Waals surface area contributed by atoms with Crippen LogP contribution in [0, 0.1) is 0 Å². The average molecular weight is 371 g/mol. The van der Waals surface area contributed by atoms with Crippen molar-refractivity contribution in [1.29, 1.82) is 0 Å². The molecule has 26 heavy (non-hydrogen) atoms. The zero-order valence-corrected chi connectivity index (χ0v) is 16.3. The molecule has 0 saturated carbocycles. The lowest BCUT2D eigenvalue weighted by atomic mass is 9.87. The maximum Gasteiger partial charge on any atom is 0.129 e. The van der Waals surface area contributed by atoms with Gasteiger partial charge in [-0.2, -0.15) is 0 Å². The Balaban J connectivity index is 1.40. The molecule has 1 aromatic carbocycles. The molecule has 0 radical (unpaired) electrons.